The fourth-order valence-corrected chi connectivity index (χ4v) is 2.56. The van der Waals surface area contributed by atoms with Crippen molar-refractivity contribution >= 4 is 6.03 Å². The molecule has 86 valence electrons. The highest BCUT2D eigenvalue weighted by atomic mass is 16.2. The first-order chi connectivity index (χ1) is 7.31. The Labute approximate surface area is 91.4 Å². The fourth-order valence-electron chi connectivity index (χ4n) is 2.56. The van der Waals surface area contributed by atoms with Gasteiger partial charge in [-0.05, 0) is 31.7 Å². The van der Waals surface area contributed by atoms with Gasteiger partial charge in [0.2, 0.25) is 0 Å². The summed E-state index contributed by atoms with van der Waals surface area (Å²) in [5.74, 6) is 0.686. The van der Waals surface area contributed by atoms with Crippen LogP contribution in [0.1, 0.15) is 26.2 Å². The Morgan fingerprint density at radius 3 is 3.13 bits per heavy atom. The SMILES string of the molecule is CCCNC(=O)N1CC2CCCNC2C1. The molecule has 0 saturated carbocycles. The lowest BCUT2D eigenvalue weighted by atomic mass is 9.94. The number of carbonyl (C=O) groups is 1. The molecule has 2 amide bonds. The third-order valence-corrected chi connectivity index (χ3v) is 3.41. The van der Waals surface area contributed by atoms with Crippen LogP contribution in [0.5, 0.6) is 0 Å². The molecule has 15 heavy (non-hydrogen) atoms. The normalized spacial score (nSPS) is 30.1. The van der Waals surface area contributed by atoms with Crippen LogP contribution in [0.4, 0.5) is 4.79 Å². The molecule has 2 rings (SSSR count). The zero-order valence-electron chi connectivity index (χ0n) is 9.46. The summed E-state index contributed by atoms with van der Waals surface area (Å²) in [4.78, 5) is 13.7. The highest BCUT2D eigenvalue weighted by Crippen LogP contribution is 2.24. The van der Waals surface area contributed by atoms with E-state index in [0.29, 0.717) is 12.0 Å². The van der Waals surface area contributed by atoms with Crippen LogP contribution in [0.3, 0.4) is 0 Å². The highest BCUT2D eigenvalue weighted by molar-refractivity contribution is 5.74. The Morgan fingerprint density at radius 2 is 2.40 bits per heavy atom. The maximum atomic E-state index is 11.7. The zero-order chi connectivity index (χ0) is 10.7. The van der Waals surface area contributed by atoms with Gasteiger partial charge in [0.15, 0.2) is 0 Å². The van der Waals surface area contributed by atoms with E-state index in [2.05, 4.69) is 17.6 Å². The van der Waals surface area contributed by atoms with Crippen LogP contribution in [-0.4, -0.2) is 43.2 Å². The molecule has 2 atom stereocenters. The molecule has 2 heterocycles. The standard InChI is InChI=1S/C11H21N3O/c1-2-5-13-11(15)14-7-9-4-3-6-12-10(9)8-14/h9-10,12H,2-8H2,1H3,(H,13,15). The first-order valence-electron chi connectivity index (χ1n) is 6.07. The third kappa shape index (κ3) is 2.43. The molecule has 2 saturated heterocycles. The van der Waals surface area contributed by atoms with Crippen LogP contribution in [-0.2, 0) is 0 Å². The van der Waals surface area contributed by atoms with Crippen molar-refractivity contribution in [1.82, 2.24) is 15.5 Å². The van der Waals surface area contributed by atoms with Crippen LogP contribution in [0.15, 0.2) is 0 Å². The summed E-state index contributed by atoms with van der Waals surface area (Å²) in [6.45, 7) is 5.81. The maximum Gasteiger partial charge on any atom is 0.317 e. The topological polar surface area (TPSA) is 44.4 Å². The van der Waals surface area contributed by atoms with Crippen molar-refractivity contribution in [2.24, 2.45) is 5.92 Å². The van der Waals surface area contributed by atoms with E-state index in [-0.39, 0.29) is 6.03 Å². The zero-order valence-corrected chi connectivity index (χ0v) is 9.46. The van der Waals surface area contributed by atoms with E-state index in [1.54, 1.807) is 0 Å². The summed E-state index contributed by atoms with van der Waals surface area (Å²) in [5.41, 5.74) is 0. The van der Waals surface area contributed by atoms with Crippen LogP contribution in [0.25, 0.3) is 0 Å². The molecule has 0 aromatic carbocycles. The van der Waals surface area contributed by atoms with Gasteiger partial charge in [0.1, 0.15) is 0 Å². The predicted molar refractivity (Wildman–Crippen MR) is 59.8 cm³/mol. The van der Waals surface area contributed by atoms with Gasteiger partial charge in [0.05, 0.1) is 0 Å². The number of urea groups is 1. The molecule has 4 heteroatoms. The summed E-state index contributed by atoms with van der Waals surface area (Å²) in [6.07, 6.45) is 3.53. The summed E-state index contributed by atoms with van der Waals surface area (Å²) in [5, 5.41) is 6.44. The fraction of sp³-hybridized carbons (Fsp3) is 0.909. The second-order valence-electron chi connectivity index (χ2n) is 4.60. The van der Waals surface area contributed by atoms with Crippen molar-refractivity contribution in [3.8, 4) is 0 Å². The number of fused-ring (bicyclic) bond motifs is 1. The minimum atomic E-state index is 0.119. The number of carbonyl (C=O) groups excluding carboxylic acids is 1. The number of piperidine rings is 1. The lowest BCUT2D eigenvalue weighted by Crippen LogP contribution is -2.42. The molecule has 0 aromatic rings. The average Bonchev–Trinajstić information content (AvgIpc) is 2.69. The van der Waals surface area contributed by atoms with E-state index in [4.69, 9.17) is 0 Å². The summed E-state index contributed by atoms with van der Waals surface area (Å²) in [6, 6.07) is 0.666. The van der Waals surface area contributed by atoms with E-state index in [1.165, 1.54) is 12.8 Å². The van der Waals surface area contributed by atoms with E-state index in [9.17, 15) is 4.79 Å². The van der Waals surface area contributed by atoms with Gasteiger partial charge < -0.3 is 15.5 Å². The number of hydrogen-bond acceptors (Lipinski definition) is 2. The van der Waals surface area contributed by atoms with Crippen molar-refractivity contribution in [2.75, 3.05) is 26.2 Å². The van der Waals surface area contributed by atoms with Gasteiger partial charge in [0.25, 0.3) is 0 Å². The Balaban J connectivity index is 1.82. The number of hydrogen-bond donors (Lipinski definition) is 2. The smallest absolute Gasteiger partial charge is 0.317 e. The Bertz CT molecular complexity index is 218. The van der Waals surface area contributed by atoms with Crippen molar-refractivity contribution in [1.29, 1.82) is 0 Å². The van der Waals surface area contributed by atoms with Crippen molar-refractivity contribution < 1.29 is 4.79 Å². The Morgan fingerprint density at radius 1 is 1.53 bits per heavy atom. The molecular weight excluding hydrogens is 190 g/mol. The summed E-state index contributed by atoms with van der Waals surface area (Å²) < 4.78 is 0. The van der Waals surface area contributed by atoms with Crippen molar-refractivity contribution in [2.45, 2.75) is 32.2 Å². The van der Waals surface area contributed by atoms with Crippen LogP contribution >= 0.6 is 0 Å². The first-order valence-corrected chi connectivity index (χ1v) is 6.07. The number of amides is 2. The molecular formula is C11H21N3O. The molecule has 0 aromatic heterocycles. The quantitative estimate of drug-likeness (QED) is 0.709. The largest absolute Gasteiger partial charge is 0.338 e. The van der Waals surface area contributed by atoms with Gasteiger partial charge in [-0.2, -0.15) is 0 Å². The van der Waals surface area contributed by atoms with Gasteiger partial charge in [-0.25, -0.2) is 4.79 Å². The monoisotopic (exact) mass is 211 g/mol. The van der Waals surface area contributed by atoms with Gasteiger partial charge in [-0.15, -0.1) is 0 Å². The minimum absolute atomic E-state index is 0.119. The molecule has 4 nitrogen and oxygen atoms in total. The van der Waals surface area contributed by atoms with Crippen LogP contribution in [0, 0.1) is 5.92 Å². The average molecular weight is 211 g/mol. The van der Waals surface area contributed by atoms with E-state index in [0.717, 1.165) is 32.6 Å². The predicted octanol–water partition coefficient (Wildman–Crippen LogP) is 0.790. The van der Waals surface area contributed by atoms with Gasteiger partial charge >= 0.3 is 6.03 Å². The van der Waals surface area contributed by atoms with Gasteiger partial charge in [-0.1, -0.05) is 6.92 Å². The lowest BCUT2D eigenvalue weighted by Gasteiger charge is -2.24. The van der Waals surface area contributed by atoms with E-state index >= 15 is 0 Å². The van der Waals surface area contributed by atoms with Gasteiger partial charge in [0, 0.05) is 25.7 Å². The number of nitrogens with zero attached hydrogens (tertiary/aromatic N) is 1. The molecule has 0 bridgehead atoms. The number of likely N-dealkylation sites (tertiary alicyclic amines) is 1. The lowest BCUT2D eigenvalue weighted by molar-refractivity contribution is 0.206. The second kappa shape index (κ2) is 4.84. The van der Waals surface area contributed by atoms with Gasteiger partial charge in [-0.3, -0.25) is 0 Å². The molecule has 2 N–H and O–H groups in total. The molecule has 0 spiro atoms. The molecule has 0 aliphatic carbocycles. The van der Waals surface area contributed by atoms with Crippen LogP contribution < -0.4 is 10.6 Å². The summed E-state index contributed by atoms with van der Waals surface area (Å²) in [7, 11) is 0. The first kappa shape index (κ1) is 10.7. The number of rotatable bonds is 2. The highest BCUT2D eigenvalue weighted by Gasteiger charge is 2.36. The Hall–Kier alpha value is -0.770. The summed E-state index contributed by atoms with van der Waals surface area (Å²) >= 11 is 0. The third-order valence-electron chi connectivity index (χ3n) is 3.41. The molecule has 2 fully saturated rings. The Kier molecular flexibility index (Phi) is 3.46. The van der Waals surface area contributed by atoms with E-state index < -0.39 is 0 Å². The van der Waals surface area contributed by atoms with Crippen LogP contribution in [0.2, 0.25) is 0 Å². The number of nitrogens with one attached hydrogen (secondary N) is 2. The molecule has 2 aliphatic heterocycles. The molecule has 2 unspecified atom stereocenters. The van der Waals surface area contributed by atoms with Crippen molar-refractivity contribution in [3.63, 3.8) is 0 Å². The minimum Gasteiger partial charge on any atom is -0.338 e. The molecule has 2 aliphatic rings. The molecule has 0 radical (unpaired) electrons. The van der Waals surface area contributed by atoms with E-state index in [1.807, 2.05) is 4.90 Å². The second-order valence-corrected chi connectivity index (χ2v) is 4.60. The van der Waals surface area contributed by atoms with Crippen molar-refractivity contribution in [3.05, 3.63) is 0 Å². The maximum absolute atomic E-state index is 11.7.